The van der Waals surface area contributed by atoms with Gasteiger partial charge in [-0.05, 0) is 54.8 Å². The number of hydrogen-bond acceptors (Lipinski definition) is 4. The lowest BCUT2D eigenvalue weighted by atomic mass is 10.1. The van der Waals surface area contributed by atoms with E-state index in [0.29, 0.717) is 21.6 Å². The molecular formula is C23H17ClFN3O2S. The average Bonchev–Trinajstić information content (AvgIpc) is 2.76. The first-order valence-corrected chi connectivity index (χ1v) is 11.0. The third-order valence-corrected chi connectivity index (χ3v) is 5.69. The van der Waals surface area contributed by atoms with Crippen molar-refractivity contribution in [2.24, 2.45) is 0 Å². The van der Waals surface area contributed by atoms with Crippen molar-refractivity contribution in [3.05, 3.63) is 88.1 Å². The van der Waals surface area contributed by atoms with Crippen LogP contribution in [0.4, 0.5) is 10.1 Å². The Balaban J connectivity index is 1.76. The van der Waals surface area contributed by atoms with E-state index in [1.165, 1.54) is 10.6 Å². The maximum Gasteiger partial charge on any atom is 0.349 e. The summed E-state index contributed by atoms with van der Waals surface area (Å²) in [7, 11) is 0. The number of fused-ring (bicyclic) bond motifs is 1. The second-order valence-electron chi connectivity index (χ2n) is 6.75. The molecule has 8 heteroatoms. The van der Waals surface area contributed by atoms with Crippen LogP contribution >= 0.6 is 23.4 Å². The van der Waals surface area contributed by atoms with Gasteiger partial charge in [-0.15, -0.1) is 11.8 Å². The fourth-order valence-corrected chi connectivity index (χ4v) is 3.94. The number of thioether (sulfide) groups is 1. The van der Waals surface area contributed by atoms with Gasteiger partial charge >= 0.3 is 5.69 Å². The quantitative estimate of drug-likeness (QED) is 0.421. The molecule has 1 amide bonds. The van der Waals surface area contributed by atoms with Crippen LogP contribution in [0.25, 0.3) is 22.2 Å². The van der Waals surface area contributed by atoms with Crippen molar-refractivity contribution in [2.75, 3.05) is 11.6 Å². The van der Waals surface area contributed by atoms with Crippen molar-refractivity contribution in [2.45, 2.75) is 11.4 Å². The zero-order valence-electron chi connectivity index (χ0n) is 16.4. The Bertz CT molecular complexity index is 1360. The number of aromatic nitrogens is 2. The minimum absolute atomic E-state index is 0.185. The van der Waals surface area contributed by atoms with Crippen LogP contribution < -0.4 is 11.0 Å². The standard InChI is InChI=1S/C23H17ClFN3O2S/c1-31-16-6-4-5-15(12-16)26-21(29)13-28-20-10-9-14(24)11-18(20)22(27-23(28)30)17-7-2-3-8-19(17)25/h2-12H,13H2,1H3,(H,26,29). The number of nitrogens with zero attached hydrogens (tertiary/aromatic N) is 2. The van der Waals surface area contributed by atoms with Gasteiger partial charge in [-0.2, -0.15) is 4.98 Å². The van der Waals surface area contributed by atoms with Crippen molar-refractivity contribution in [3.8, 4) is 11.3 Å². The molecule has 5 nitrogen and oxygen atoms in total. The topological polar surface area (TPSA) is 64.0 Å². The molecule has 1 heterocycles. The zero-order valence-corrected chi connectivity index (χ0v) is 18.0. The van der Waals surface area contributed by atoms with Gasteiger partial charge in [-0.1, -0.05) is 29.8 Å². The van der Waals surface area contributed by atoms with Gasteiger partial charge in [0, 0.05) is 26.6 Å². The molecule has 3 aromatic carbocycles. The molecule has 1 aromatic heterocycles. The van der Waals surface area contributed by atoms with Gasteiger partial charge in [0.1, 0.15) is 12.4 Å². The number of nitrogens with one attached hydrogen (secondary N) is 1. The number of halogens is 2. The van der Waals surface area contributed by atoms with Crippen molar-refractivity contribution < 1.29 is 9.18 Å². The van der Waals surface area contributed by atoms with E-state index >= 15 is 0 Å². The summed E-state index contributed by atoms with van der Waals surface area (Å²) in [5, 5.41) is 3.69. The molecular weight excluding hydrogens is 437 g/mol. The number of hydrogen-bond donors (Lipinski definition) is 1. The van der Waals surface area contributed by atoms with Gasteiger partial charge in [-0.3, -0.25) is 9.36 Å². The highest BCUT2D eigenvalue weighted by molar-refractivity contribution is 7.98. The van der Waals surface area contributed by atoms with Gasteiger partial charge in [0.2, 0.25) is 5.91 Å². The third-order valence-electron chi connectivity index (χ3n) is 4.73. The molecule has 0 aliphatic carbocycles. The zero-order chi connectivity index (χ0) is 22.0. The monoisotopic (exact) mass is 453 g/mol. The predicted molar refractivity (Wildman–Crippen MR) is 123 cm³/mol. The SMILES string of the molecule is CSc1cccc(NC(=O)Cn2c(=O)nc(-c3ccccc3F)c3cc(Cl)ccc32)c1. The Morgan fingerprint density at radius 3 is 2.71 bits per heavy atom. The highest BCUT2D eigenvalue weighted by Gasteiger charge is 2.17. The number of rotatable bonds is 5. The molecule has 1 N–H and O–H groups in total. The van der Waals surface area contributed by atoms with E-state index in [4.69, 9.17) is 11.6 Å². The summed E-state index contributed by atoms with van der Waals surface area (Å²) >= 11 is 7.72. The minimum Gasteiger partial charge on any atom is -0.324 e. The highest BCUT2D eigenvalue weighted by atomic mass is 35.5. The van der Waals surface area contributed by atoms with E-state index in [-0.39, 0.29) is 23.7 Å². The molecule has 0 fully saturated rings. The van der Waals surface area contributed by atoms with E-state index in [1.807, 2.05) is 24.5 Å². The van der Waals surface area contributed by atoms with Crippen molar-refractivity contribution >= 4 is 45.9 Å². The molecule has 0 aliphatic heterocycles. The summed E-state index contributed by atoms with van der Waals surface area (Å²) in [4.78, 5) is 30.6. The average molecular weight is 454 g/mol. The maximum absolute atomic E-state index is 14.4. The Morgan fingerprint density at radius 1 is 1.13 bits per heavy atom. The molecule has 0 radical (unpaired) electrons. The van der Waals surface area contributed by atoms with Crippen LogP contribution in [0.2, 0.25) is 5.02 Å². The summed E-state index contributed by atoms with van der Waals surface area (Å²) in [6.45, 7) is -0.245. The number of anilines is 1. The van der Waals surface area contributed by atoms with Crippen LogP contribution in [0.1, 0.15) is 0 Å². The van der Waals surface area contributed by atoms with Crippen molar-refractivity contribution in [1.29, 1.82) is 0 Å². The van der Waals surface area contributed by atoms with Gasteiger partial charge in [0.05, 0.1) is 11.2 Å². The van der Waals surface area contributed by atoms with Crippen LogP contribution in [0.3, 0.4) is 0 Å². The van der Waals surface area contributed by atoms with Crippen LogP contribution in [0.15, 0.2) is 76.4 Å². The summed E-state index contributed by atoms with van der Waals surface area (Å²) < 4.78 is 15.7. The van der Waals surface area contributed by atoms with Crippen LogP contribution in [0, 0.1) is 5.82 Å². The second-order valence-corrected chi connectivity index (χ2v) is 8.07. The van der Waals surface area contributed by atoms with Crippen molar-refractivity contribution in [3.63, 3.8) is 0 Å². The van der Waals surface area contributed by atoms with Crippen LogP contribution in [0.5, 0.6) is 0 Å². The van der Waals surface area contributed by atoms with E-state index in [2.05, 4.69) is 10.3 Å². The van der Waals surface area contributed by atoms with Crippen LogP contribution in [-0.4, -0.2) is 21.7 Å². The molecule has 0 aliphatic rings. The van der Waals surface area contributed by atoms with Crippen molar-refractivity contribution in [1.82, 2.24) is 9.55 Å². The lowest BCUT2D eigenvalue weighted by Crippen LogP contribution is -2.30. The molecule has 0 spiro atoms. The smallest absolute Gasteiger partial charge is 0.324 e. The maximum atomic E-state index is 14.4. The Morgan fingerprint density at radius 2 is 1.94 bits per heavy atom. The first-order valence-electron chi connectivity index (χ1n) is 9.35. The molecule has 4 rings (SSSR count). The normalized spacial score (nSPS) is 10.9. The Labute approximate surface area is 186 Å². The van der Waals surface area contributed by atoms with E-state index < -0.39 is 11.5 Å². The van der Waals surface area contributed by atoms with E-state index in [1.54, 1.807) is 54.2 Å². The largest absolute Gasteiger partial charge is 0.349 e. The molecule has 0 atom stereocenters. The summed E-state index contributed by atoms with van der Waals surface area (Å²) in [6, 6.07) is 18.3. The van der Waals surface area contributed by atoms with Gasteiger partial charge in [-0.25, -0.2) is 9.18 Å². The second kappa shape index (κ2) is 8.91. The number of amides is 1. The fraction of sp³-hybridized carbons (Fsp3) is 0.0870. The number of benzene rings is 3. The Kier molecular flexibility index (Phi) is 6.06. The predicted octanol–water partition coefficient (Wildman–Crippen LogP) is 5.22. The molecule has 156 valence electrons. The molecule has 0 saturated carbocycles. The molecule has 4 aromatic rings. The van der Waals surface area contributed by atoms with E-state index in [9.17, 15) is 14.0 Å². The minimum atomic E-state index is -0.652. The highest BCUT2D eigenvalue weighted by Crippen LogP contribution is 2.29. The number of carbonyl (C=O) groups excluding carboxylic acids is 1. The van der Waals surface area contributed by atoms with Crippen LogP contribution in [-0.2, 0) is 11.3 Å². The molecule has 31 heavy (non-hydrogen) atoms. The van der Waals surface area contributed by atoms with Gasteiger partial charge in [0.25, 0.3) is 0 Å². The molecule has 0 unspecified atom stereocenters. The lowest BCUT2D eigenvalue weighted by Gasteiger charge is -2.14. The Hall–Kier alpha value is -3.16. The third kappa shape index (κ3) is 4.47. The summed E-state index contributed by atoms with van der Waals surface area (Å²) in [6.07, 6.45) is 1.94. The molecule has 0 saturated heterocycles. The fourth-order valence-electron chi connectivity index (χ4n) is 3.31. The number of carbonyl (C=O) groups is 1. The lowest BCUT2D eigenvalue weighted by molar-refractivity contribution is -0.116. The molecule has 0 bridgehead atoms. The first kappa shape index (κ1) is 21.1. The first-order chi connectivity index (χ1) is 15.0. The van der Waals surface area contributed by atoms with Gasteiger partial charge in [0.15, 0.2) is 0 Å². The summed E-state index contributed by atoms with van der Waals surface area (Å²) in [5.74, 6) is -0.878. The summed E-state index contributed by atoms with van der Waals surface area (Å²) in [5.41, 5.74) is 0.798. The van der Waals surface area contributed by atoms with E-state index in [0.717, 1.165) is 4.90 Å². The van der Waals surface area contributed by atoms with Gasteiger partial charge < -0.3 is 5.32 Å².